The Bertz CT molecular complexity index is 777. The van der Waals surface area contributed by atoms with Crippen molar-refractivity contribution in [1.29, 1.82) is 0 Å². The zero-order valence-electron chi connectivity index (χ0n) is 11.7. The lowest BCUT2D eigenvalue weighted by atomic mass is 10.0. The lowest BCUT2D eigenvalue weighted by Crippen LogP contribution is -2.08. The number of H-pyrrole nitrogens is 1. The highest BCUT2D eigenvalue weighted by Gasteiger charge is 2.18. The quantitative estimate of drug-likeness (QED) is 0.784. The van der Waals surface area contributed by atoms with Crippen molar-refractivity contribution >= 4 is 11.0 Å². The summed E-state index contributed by atoms with van der Waals surface area (Å²) in [6.07, 6.45) is 5.58. The summed E-state index contributed by atoms with van der Waals surface area (Å²) in [7, 11) is 1.66. The highest BCUT2D eigenvalue weighted by atomic mass is 16.5. The van der Waals surface area contributed by atoms with E-state index in [1.807, 2.05) is 12.1 Å². The number of rotatable bonds is 2. The van der Waals surface area contributed by atoms with Crippen LogP contribution in [-0.2, 0) is 6.42 Å². The van der Waals surface area contributed by atoms with E-state index in [-0.39, 0.29) is 0 Å². The van der Waals surface area contributed by atoms with E-state index < -0.39 is 0 Å². The zero-order valence-corrected chi connectivity index (χ0v) is 11.7. The molecule has 106 valence electrons. The van der Waals surface area contributed by atoms with Gasteiger partial charge in [0.15, 0.2) is 0 Å². The summed E-state index contributed by atoms with van der Waals surface area (Å²) < 4.78 is 11.2. The van der Waals surface area contributed by atoms with Crippen LogP contribution in [0.2, 0.25) is 0 Å². The Labute approximate surface area is 121 Å². The average Bonchev–Trinajstić information content (AvgIpc) is 2.97. The van der Waals surface area contributed by atoms with Crippen molar-refractivity contribution in [3.05, 3.63) is 36.2 Å². The predicted molar refractivity (Wildman–Crippen MR) is 79.7 cm³/mol. The summed E-state index contributed by atoms with van der Waals surface area (Å²) in [5.41, 5.74) is 3.98. The SMILES string of the molecule is COc1cc2c(cc1-c1nc3ccncc3[nH]1)CCCO2. The number of aromatic amines is 1. The van der Waals surface area contributed by atoms with Gasteiger partial charge >= 0.3 is 0 Å². The highest BCUT2D eigenvalue weighted by molar-refractivity contribution is 5.80. The molecule has 5 heteroatoms. The number of aromatic nitrogens is 3. The smallest absolute Gasteiger partial charge is 0.142 e. The first-order chi connectivity index (χ1) is 10.3. The van der Waals surface area contributed by atoms with E-state index in [1.165, 1.54) is 5.56 Å². The monoisotopic (exact) mass is 281 g/mol. The molecule has 0 bridgehead atoms. The number of methoxy groups -OCH3 is 1. The number of fused-ring (bicyclic) bond motifs is 2. The fraction of sp³-hybridized carbons (Fsp3) is 0.250. The molecule has 1 N–H and O–H groups in total. The molecule has 0 saturated carbocycles. The van der Waals surface area contributed by atoms with Crippen molar-refractivity contribution in [2.75, 3.05) is 13.7 Å². The molecule has 0 saturated heterocycles. The van der Waals surface area contributed by atoms with E-state index in [2.05, 4.69) is 21.0 Å². The Balaban J connectivity index is 1.89. The number of nitrogens with one attached hydrogen (secondary N) is 1. The molecule has 3 aromatic rings. The molecule has 1 aromatic carbocycles. The molecule has 5 nitrogen and oxygen atoms in total. The molecular formula is C16H15N3O2. The van der Waals surface area contributed by atoms with Gasteiger partial charge in [0.1, 0.15) is 17.3 Å². The third kappa shape index (κ3) is 2.01. The van der Waals surface area contributed by atoms with Crippen molar-refractivity contribution in [3.63, 3.8) is 0 Å². The minimum Gasteiger partial charge on any atom is -0.496 e. The maximum Gasteiger partial charge on any atom is 0.142 e. The molecule has 1 aliphatic rings. The van der Waals surface area contributed by atoms with Crippen molar-refractivity contribution in [3.8, 4) is 22.9 Å². The first-order valence-corrected chi connectivity index (χ1v) is 6.99. The number of ether oxygens (including phenoxy) is 2. The molecule has 21 heavy (non-hydrogen) atoms. The number of hydrogen-bond acceptors (Lipinski definition) is 4. The van der Waals surface area contributed by atoms with Crippen LogP contribution in [0, 0.1) is 0 Å². The van der Waals surface area contributed by atoms with Crippen LogP contribution < -0.4 is 9.47 Å². The standard InChI is InChI=1S/C16H15N3O2/c1-20-15-8-14-10(3-2-6-21-14)7-11(15)16-18-12-4-5-17-9-13(12)19-16/h4-5,7-9H,2-3,6H2,1H3,(H,18,19). The Kier molecular flexibility index (Phi) is 2.77. The molecular weight excluding hydrogens is 266 g/mol. The van der Waals surface area contributed by atoms with Crippen molar-refractivity contribution in [2.45, 2.75) is 12.8 Å². The molecule has 2 aromatic heterocycles. The molecule has 0 spiro atoms. The van der Waals surface area contributed by atoms with Crippen molar-refractivity contribution < 1.29 is 9.47 Å². The minimum atomic E-state index is 0.766. The van der Waals surface area contributed by atoms with Crippen LogP contribution in [0.4, 0.5) is 0 Å². The fourth-order valence-electron chi connectivity index (χ4n) is 2.72. The van der Waals surface area contributed by atoms with E-state index in [9.17, 15) is 0 Å². The lowest BCUT2D eigenvalue weighted by molar-refractivity contribution is 0.286. The van der Waals surface area contributed by atoms with Gasteiger partial charge in [-0.3, -0.25) is 4.98 Å². The Morgan fingerprint density at radius 2 is 2.29 bits per heavy atom. The largest absolute Gasteiger partial charge is 0.496 e. The number of imidazole rings is 1. The summed E-state index contributed by atoms with van der Waals surface area (Å²) in [6, 6.07) is 5.96. The Hall–Kier alpha value is -2.56. The first-order valence-electron chi connectivity index (χ1n) is 6.99. The summed E-state index contributed by atoms with van der Waals surface area (Å²) in [4.78, 5) is 12.0. The number of hydrogen-bond donors (Lipinski definition) is 1. The summed E-state index contributed by atoms with van der Waals surface area (Å²) >= 11 is 0. The lowest BCUT2D eigenvalue weighted by Gasteiger charge is -2.19. The van der Waals surface area contributed by atoms with Crippen LogP contribution in [0.1, 0.15) is 12.0 Å². The maximum atomic E-state index is 5.70. The molecule has 0 atom stereocenters. The van der Waals surface area contributed by atoms with Crippen LogP contribution in [0.5, 0.6) is 11.5 Å². The van der Waals surface area contributed by atoms with Crippen LogP contribution >= 0.6 is 0 Å². The molecule has 0 unspecified atom stereocenters. The van der Waals surface area contributed by atoms with Gasteiger partial charge in [-0.15, -0.1) is 0 Å². The van der Waals surface area contributed by atoms with Crippen molar-refractivity contribution in [2.24, 2.45) is 0 Å². The van der Waals surface area contributed by atoms with Crippen LogP contribution in [0.15, 0.2) is 30.6 Å². The second-order valence-corrected chi connectivity index (χ2v) is 5.09. The molecule has 1 aliphatic heterocycles. The van der Waals surface area contributed by atoms with Gasteiger partial charge in [-0.05, 0) is 30.5 Å². The Morgan fingerprint density at radius 1 is 1.33 bits per heavy atom. The second kappa shape index (κ2) is 4.77. The van der Waals surface area contributed by atoms with Crippen LogP contribution in [-0.4, -0.2) is 28.7 Å². The van der Waals surface area contributed by atoms with E-state index in [0.717, 1.165) is 53.4 Å². The van der Waals surface area contributed by atoms with Crippen LogP contribution in [0.3, 0.4) is 0 Å². The topological polar surface area (TPSA) is 60.0 Å². The van der Waals surface area contributed by atoms with E-state index >= 15 is 0 Å². The molecule has 3 heterocycles. The second-order valence-electron chi connectivity index (χ2n) is 5.09. The molecule has 0 fully saturated rings. The number of nitrogens with zero attached hydrogens (tertiary/aromatic N) is 2. The van der Waals surface area contributed by atoms with Gasteiger partial charge in [-0.25, -0.2) is 4.98 Å². The molecule has 0 amide bonds. The highest BCUT2D eigenvalue weighted by Crippen LogP contribution is 2.37. The van der Waals surface area contributed by atoms with E-state index in [4.69, 9.17) is 9.47 Å². The zero-order chi connectivity index (χ0) is 14.2. The summed E-state index contributed by atoms with van der Waals surface area (Å²) in [5, 5.41) is 0. The third-order valence-electron chi connectivity index (χ3n) is 3.77. The predicted octanol–water partition coefficient (Wildman–Crippen LogP) is 2.96. The van der Waals surface area contributed by atoms with Gasteiger partial charge in [-0.1, -0.05) is 0 Å². The van der Waals surface area contributed by atoms with Gasteiger partial charge < -0.3 is 14.5 Å². The molecule has 0 aliphatic carbocycles. The molecule has 0 radical (unpaired) electrons. The van der Waals surface area contributed by atoms with Gasteiger partial charge in [0.05, 0.1) is 36.5 Å². The maximum absolute atomic E-state index is 5.70. The average molecular weight is 281 g/mol. The van der Waals surface area contributed by atoms with Crippen molar-refractivity contribution in [1.82, 2.24) is 15.0 Å². The normalized spacial score (nSPS) is 13.8. The Morgan fingerprint density at radius 3 is 3.14 bits per heavy atom. The van der Waals surface area contributed by atoms with Gasteiger partial charge in [0.2, 0.25) is 0 Å². The summed E-state index contributed by atoms with van der Waals surface area (Å²) in [5.74, 6) is 2.48. The number of aryl methyl sites for hydroxylation is 1. The van der Waals surface area contributed by atoms with E-state index in [0.29, 0.717) is 0 Å². The molecule has 4 rings (SSSR count). The number of pyridine rings is 1. The van der Waals surface area contributed by atoms with Crippen LogP contribution in [0.25, 0.3) is 22.4 Å². The minimum absolute atomic E-state index is 0.766. The van der Waals surface area contributed by atoms with E-state index in [1.54, 1.807) is 19.5 Å². The van der Waals surface area contributed by atoms with Gasteiger partial charge in [0, 0.05) is 12.3 Å². The first kappa shape index (κ1) is 12.2. The third-order valence-corrected chi connectivity index (χ3v) is 3.77. The van der Waals surface area contributed by atoms with Gasteiger partial charge in [-0.2, -0.15) is 0 Å². The number of benzene rings is 1. The summed E-state index contributed by atoms with van der Waals surface area (Å²) in [6.45, 7) is 0.770. The van der Waals surface area contributed by atoms with Gasteiger partial charge in [0.25, 0.3) is 0 Å². The fourth-order valence-corrected chi connectivity index (χ4v) is 2.72.